The van der Waals surface area contributed by atoms with Crippen molar-refractivity contribution in [1.82, 2.24) is 0 Å². The number of hydrogen-bond acceptors (Lipinski definition) is 4. The second-order valence-corrected chi connectivity index (χ2v) is 9.46. The smallest absolute Gasteiger partial charge is 0.234 e. The van der Waals surface area contributed by atoms with Crippen LogP contribution in [0.4, 0.5) is 5.69 Å². The van der Waals surface area contributed by atoms with Crippen LogP contribution in [0.15, 0.2) is 24.3 Å². The number of benzene rings is 1. The molecule has 2 N–H and O–H groups in total. The highest BCUT2D eigenvalue weighted by molar-refractivity contribution is 7.92. The average molecular weight is 348 g/mol. The van der Waals surface area contributed by atoms with Crippen molar-refractivity contribution in [2.24, 2.45) is 5.14 Å². The van der Waals surface area contributed by atoms with E-state index in [1.54, 1.807) is 6.07 Å². The van der Waals surface area contributed by atoms with Gasteiger partial charge in [0.15, 0.2) is 0 Å². The molecule has 1 rings (SSSR count). The summed E-state index contributed by atoms with van der Waals surface area (Å²) < 4.78 is 47.5. The molecule has 0 atom stereocenters. The third kappa shape index (κ3) is 5.94. The molecule has 0 aliphatic rings. The van der Waals surface area contributed by atoms with E-state index in [1.807, 2.05) is 32.0 Å². The van der Waals surface area contributed by atoms with E-state index in [0.717, 1.165) is 5.56 Å². The summed E-state index contributed by atoms with van der Waals surface area (Å²) in [6.07, 6.45) is 0.491. The van der Waals surface area contributed by atoms with Crippen LogP contribution in [0.2, 0.25) is 0 Å². The van der Waals surface area contributed by atoms with Crippen LogP contribution in [0.5, 0.6) is 0 Å². The van der Waals surface area contributed by atoms with Crippen molar-refractivity contribution >= 4 is 25.7 Å². The molecule has 0 heterocycles. The van der Waals surface area contributed by atoms with Gasteiger partial charge in [-0.15, -0.1) is 0 Å². The van der Waals surface area contributed by atoms with Gasteiger partial charge < -0.3 is 0 Å². The molecule has 0 fully saturated rings. The van der Waals surface area contributed by atoms with Gasteiger partial charge in [-0.25, -0.2) is 22.0 Å². The Morgan fingerprint density at radius 1 is 1.09 bits per heavy atom. The fourth-order valence-corrected chi connectivity index (χ4v) is 3.85. The van der Waals surface area contributed by atoms with Crippen molar-refractivity contribution in [2.75, 3.05) is 22.9 Å². The molecule has 0 saturated heterocycles. The van der Waals surface area contributed by atoms with E-state index in [0.29, 0.717) is 11.6 Å². The molecule has 6 nitrogen and oxygen atoms in total. The summed E-state index contributed by atoms with van der Waals surface area (Å²) in [6, 6.07) is 7.39. The van der Waals surface area contributed by atoms with Crippen molar-refractivity contribution < 1.29 is 16.8 Å². The van der Waals surface area contributed by atoms with Gasteiger partial charge in [-0.1, -0.05) is 26.0 Å². The van der Waals surface area contributed by atoms with Crippen molar-refractivity contribution in [3.05, 3.63) is 29.8 Å². The van der Waals surface area contributed by atoms with E-state index in [1.165, 1.54) is 11.4 Å². The summed E-state index contributed by atoms with van der Waals surface area (Å²) in [4.78, 5) is 0. The Morgan fingerprint density at radius 2 is 1.68 bits per heavy atom. The second-order valence-electron chi connectivity index (χ2n) is 5.61. The zero-order chi connectivity index (χ0) is 17.0. The highest BCUT2D eigenvalue weighted by Gasteiger charge is 2.19. The van der Waals surface area contributed by atoms with Crippen LogP contribution in [-0.4, -0.2) is 35.4 Å². The zero-order valence-corrected chi connectivity index (χ0v) is 14.8. The first-order valence-electron chi connectivity index (χ1n) is 7.10. The van der Waals surface area contributed by atoms with Crippen LogP contribution in [-0.2, 0) is 20.0 Å². The normalized spacial score (nSPS) is 12.6. The minimum absolute atomic E-state index is 0.106. The van der Waals surface area contributed by atoms with Crippen molar-refractivity contribution in [3.63, 3.8) is 0 Å². The molecular formula is C14H24N2O4S2. The topological polar surface area (TPSA) is 97.5 Å². The summed E-state index contributed by atoms with van der Waals surface area (Å²) >= 11 is 0. The predicted molar refractivity (Wildman–Crippen MR) is 89.9 cm³/mol. The zero-order valence-electron chi connectivity index (χ0n) is 13.2. The Bertz CT molecular complexity index is 697. The molecule has 1 aromatic carbocycles. The number of unbranched alkanes of at least 4 members (excludes halogenated alkanes) is 1. The quantitative estimate of drug-likeness (QED) is 0.722. The number of nitrogens with zero attached hydrogens (tertiary/aromatic N) is 1. The molecule has 0 spiro atoms. The van der Waals surface area contributed by atoms with Crippen molar-refractivity contribution in [3.8, 4) is 0 Å². The molecule has 0 aliphatic heterocycles. The Hall–Kier alpha value is -1.12. The van der Waals surface area contributed by atoms with E-state index in [2.05, 4.69) is 0 Å². The second kappa shape index (κ2) is 7.43. The van der Waals surface area contributed by atoms with E-state index in [4.69, 9.17) is 5.14 Å². The monoisotopic (exact) mass is 348 g/mol. The van der Waals surface area contributed by atoms with Crippen LogP contribution >= 0.6 is 0 Å². The Balaban J connectivity index is 2.74. The molecule has 0 saturated carbocycles. The van der Waals surface area contributed by atoms with Crippen LogP contribution < -0.4 is 9.44 Å². The lowest BCUT2D eigenvalue weighted by molar-refractivity contribution is 0.585. The van der Waals surface area contributed by atoms with Gasteiger partial charge in [-0.2, -0.15) is 0 Å². The van der Waals surface area contributed by atoms with Gasteiger partial charge in [0.1, 0.15) is 0 Å². The number of primary sulfonamides is 1. The van der Waals surface area contributed by atoms with Gasteiger partial charge in [-0.05, 0) is 36.5 Å². The minimum Gasteiger partial charge on any atom is -0.273 e. The summed E-state index contributed by atoms with van der Waals surface area (Å²) in [5.74, 6) is 0.00538. The molecule has 0 aliphatic carbocycles. The van der Waals surface area contributed by atoms with Crippen LogP contribution in [0, 0.1) is 0 Å². The lowest BCUT2D eigenvalue weighted by Gasteiger charge is -2.20. The SMILES string of the molecule is CC(C)c1cccc(N(C)S(=O)(=O)CCCCS(N)(=O)=O)c1. The van der Waals surface area contributed by atoms with E-state index >= 15 is 0 Å². The van der Waals surface area contributed by atoms with E-state index < -0.39 is 20.0 Å². The number of rotatable bonds is 8. The lowest BCUT2D eigenvalue weighted by atomic mass is 10.0. The Morgan fingerprint density at radius 3 is 2.23 bits per heavy atom. The molecule has 0 amide bonds. The largest absolute Gasteiger partial charge is 0.273 e. The number of hydrogen-bond donors (Lipinski definition) is 1. The maximum absolute atomic E-state index is 12.3. The molecule has 0 unspecified atom stereocenters. The molecule has 8 heteroatoms. The summed E-state index contributed by atoms with van der Waals surface area (Å²) in [5.41, 5.74) is 1.67. The number of anilines is 1. The molecule has 0 aromatic heterocycles. The van der Waals surface area contributed by atoms with E-state index in [-0.39, 0.29) is 24.3 Å². The maximum Gasteiger partial charge on any atom is 0.234 e. The average Bonchev–Trinajstić information content (AvgIpc) is 2.42. The van der Waals surface area contributed by atoms with Crippen LogP contribution in [0.3, 0.4) is 0 Å². The van der Waals surface area contributed by atoms with Crippen molar-refractivity contribution in [1.29, 1.82) is 0 Å². The van der Waals surface area contributed by atoms with Gasteiger partial charge >= 0.3 is 0 Å². The Kier molecular flexibility index (Phi) is 6.39. The molecular weight excluding hydrogens is 324 g/mol. The third-order valence-electron chi connectivity index (χ3n) is 3.40. The first-order valence-corrected chi connectivity index (χ1v) is 10.4. The lowest BCUT2D eigenvalue weighted by Crippen LogP contribution is -2.29. The third-order valence-corrected chi connectivity index (χ3v) is 6.11. The molecule has 0 radical (unpaired) electrons. The van der Waals surface area contributed by atoms with Gasteiger partial charge in [0.25, 0.3) is 0 Å². The maximum atomic E-state index is 12.3. The molecule has 126 valence electrons. The van der Waals surface area contributed by atoms with Gasteiger partial charge in [0.05, 0.1) is 17.2 Å². The first-order chi connectivity index (χ1) is 10.0. The standard InChI is InChI=1S/C14H24N2O4S2/c1-12(2)13-7-6-8-14(11-13)16(3)22(19,20)10-5-4-9-21(15,17)18/h6-8,11-12H,4-5,9-10H2,1-3H3,(H2,15,17,18). The number of sulfonamides is 2. The minimum atomic E-state index is -3.54. The summed E-state index contributed by atoms with van der Waals surface area (Å²) in [6.45, 7) is 4.09. The van der Waals surface area contributed by atoms with Gasteiger partial charge in [-0.3, -0.25) is 4.31 Å². The molecule has 0 bridgehead atoms. The van der Waals surface area contributed by atoms with Gasteiger partial charge in [0.2, 0.25) is 20.0 Å². The van der Waals surface area contributed by atoms with Crippen LogP contribution in [0.25, 0.3) is 0 Å². The van der Waals surface area contributed by atoms with Crippen molar-refractivity contribution in [2.45, 2.75) is 32.6 Å². The predicted octanol–water partition coefficient (Wildman–Crippen LogP) is 1.64. The van der Waals surface area contributed by atoms with Crippen LogP contribution in [0.1, 0.15) is 38.2 Å². The number of nitrogens with two attached hydrogens (primary N) is 1. The molecule has 22 heavy (non-hydrogen) atoms. The van der Waals surface area contributed by atoms with E-state index in [9.17, 15) is 16.8 Å². The summed E-state index contributed by atoms with van der Waals surface area (Å²) in [5, 5.41) is 4.89. The fourth-order valence-electron chi connectivity index (χ4n) is 1.97. The fraction of sp³-hybridized carbons (Fsp3) is 0.571. The highest BCUT2D eigenvalue weighted by Crippen LogP contribution is 2.23. The first kappa shape index (κ1) is 18.9. The van der Waals surface area contributed by atoms with Gasteiger partial charge in [0, 0.05) is 7.05 Å². The molecule has 1 aromatic rings. The summed E-state index contributed by atoms with van der Waals surface area (Å²) in [7, 11) is -5.51. The highest BCUT2D eigenvalue weighted by atomic mass is 32.2. The Labute approximate surface area is 133 Å².